The molecule has 5 nitrogen and oxygen atoms in total. The molecule has 0 saturated heterocycles. The second-order valence-corrected chi connectivity index (χ2v) is 8.20. The van der Waals surface area contributed by atoms with Crippen LogP contribution < -0.4 is 4.74 Å². The Kier molecular flexibility index (Phi) is 6.30. The summed E-state index contributed by atoms with van der Waals surface area (Å²) in [6.07, 6.45) is 6.49. The molecule has 2 aromatic carbocycles. The monoisotopic (exact) mass is 408 g/mol. The highest BCUT2D eigenvalue weighted by Gasteiger charge is 2.17. The summed E-state index contributed by atoms with van der Waals surface area (Å²) in [6.45, 7) is 0. The number of methoxy groups -OCH3 is 1. The van der Waals surface area contributed by atoms with Crippen LogP contribution in [0.4, 0.5) is 0 Å². The van der Waals surface area contributed by atoms with Crippen molar-refractivity contribution < 1.29 is 13.9 Å². The van der Waals surface area contributed by atoms with E-state index in [1.165, 1.54) is 49.4 Å². The molecule has 1 fully saturated rings. The van der Waals surface area contributed by atoms with E-state index >= 15 is 0 Å². The topological polar surface area (TPSA) is 65.2 Å². The van der Waals surface area contributed by atoms with E-state index in [2.05, 4.69) is 22.3 Å². The quantitative estimate of drug-likeness (QED) is 0.365. The SMILES string of the molecule is COc1ccc(-c2nnc(SCC(=O)c3ccc(C4CCCCC4)cc3)o2)cc1. The van der Waals surface area contributed by atoms with Crippen LogP contribution in [-0.4, -0.2) is 28.8 Å². The minimum Gasteiger partial charge on any atom is -0.497 e. The van der Waals surface area contributed by atoms with Gasteiger partial charge in [-0.1, -0.05) is 55.3 Å². The molecule has 1 saturated carbocycles. The van der Waals surface area contributed by atoms with Gasteiger partial charge in [0.05, 0.1) is 12.9 Å². The van der Waals surface area contributed by atoms with Gasteiger partial charge in [0, 0.05) is 11.1 Å². The van der Waals surface area contributed by atoms with Crippen molar-refractivity contribution in [2.45, 2.75) is 43.2 Å². The number of ketones is 1. The molecule has 1 heterocycles. The second-order valence-electron chi connectivity index (χ2n) is 7.27. The molecule has 150 valence electrons. The molecule has 6 heteroatoms. The Bertz CT molecular complexity index is 945. The number of carbonyl (C=O) groups excluding carboxylic acids is 1. The molecule has 0 radical (unpaired) electrons. The fourth-order valence-corrected chi connectivity index (χ4v) is 4.36. The molecular formula is C23H24N2O3S. The van der Waals surface area contributed by atoms with Gasteiger partial charge in [0.1, 0.15) is 5.75 Å². The number of ether oxygens (including phenoxy) is 1. The van der Waals surface area contributed by atoms with Gasteiger partial charge in [-0.25, -0.2) is 0 Å². The van der Waals surface area contributed by atoms with Gasteiger partial charge in [-0.15, -0.1) is 10.2 Å². The van der Waals surface area contributed by atoms with Gasteiger partial charge in [-0.2, -0.15) is 0 Å². The Hall–Kier alpha value is -2.60. The summed E-state index contributed by atoms with van der Waals surface area (Å²) in [7, 11) is 1.62. The maximum Gasteiger partial charge on any atom is 0.277 e. The molecule has 1 aliphatic rings. The van der Waals surface area contributed by atoms with E-state index in [4.69, 9.17) is 9.15 Å². The Morgan fingerprint density at radius 2 is 1.76 bits per heavy atom. The molecule has 0 spiro atoms. The lowest BCUT2D eigenvalue weighted by molar-refractivity contribution is 0.102. The second kappa shape index (κ2) is 9.27. The maximum absolute atomic E-state index is 12.5. The van der Waals surface area contributed by atoms with Crippen LogP contribution >= 0.6 is 11.8 Å². The number of nitrogens with zero attached hydrogens (tertiary/aromatic N) is 2. The van der Waals surface area contributed by atoms with E-state index in [1.807, 2.05) is 36.4 Å². The lowest BCUT2D eigenvalue weighted by Crippen LogP contribution is -2.06. The number of hydrogen-bond acceptors (Lipinski definition) is 6. The van der Waals surface area contributed by atoms with E-state index in [9.17, 15) is 4.79 Å². The highest BCUT2D eigenvalue weighted by atomic mass is 32.2. The van der Waals surface area contributed by atoms with Crippen LogP contribution in [0.15, 0.2) is 58.2 Å². The molecule has 3 aromatic rings. The molecular weight excluding hydrogens is 384 g/mol. The van der Waals surface area contributed by atoms with Crippen molar-refractivity contribution in [3.8, 4) is 17.2 Å². The molecule has 0 aliphatic heterocycles. The summed E-state index contributed by atoms with van der Waals surface area (Å²) in [6, 6.07) is 15.5. The Balaban J connectivity index is 1.34. The average molecular weight is 409 g/mol. The third-order valence-corrected chi connectivity index (χ3v) is 6.20. The van der Waals surface area contributed by atoms with Gasteiger partial charge >= 0.3 is 0 Å². The Labute approximate surface area is 174 Å². The minimum absolute atomic E-state index is 0.0643. The van der Waals surface area contributed by atoms with Crippen molar-refractivity contribution in [1.82, 2.24) is 10.2 Å². The zero-order valence-electron chi connectivity index (χ0n) is 16.5. The van der Waals surface area contributed by atoms with Crippen molar-refractivity contribution in [1.29, 1.82) is 0 Å². The van der Waals surface area contributed by atoms with Crippen LogP contribution in [0, 0.1) is 0 Å². The Morgan fingerprint density at radius 3 is 2.45 bits per heavy atom. The lowest BCUT2D eigenvalue weighted by atomic mass is 9.84. The predicted octanol–water partition coefficient (Wildman–Crippen LogP) is 5.77. The molecule has 1 aliphatic carbocycles. The van der Waals surface area contributed by atoms with Crippen LogP contribution in [-0.2, 0) is 0 Å². The van der Waals surface area contributed by atoms with E-state index < -0.39 is 0 Å². The van der Waals surface area contributed by atoms with Crippen LogP contribution in [0.3, 0.4) is 0 Å². The smallest absolute Gasteiger partial charge is 0.277 e. The number of Topliss-reactive ketones (excluding diaryl/α,β-unsaturated/α-hetero) is 1. The van der Waals surface area contributed by atoms with Gasteiger partial charge in [-0.05, 0) is 48.6 Å². The van der Waals surface area contributed by atoms with Crippen molar-refractivity contribution in [2.75, 3.05) is 12.9 Å². The Morgan fingerprint density at radius 1 is 1.03 bits per heavy atom. The van der Waals surface area contributed by atoms with Gasteiger partial charge in [0.2, 0.25) is 5.89 Å². The summed E-state index contributed by atoms with van der Waals surface area (Å²) >= 11 is 1.26. The third kappa shape index (κ3) is 4.88. The van der Waals surface area contributed by atoms with Gasteiger partial charge in [-0.3, -0.25) is 4.79 Å². The first-order valence-electron chi connectivity index (χ1n) is 9.97. The first-order chi connectivity index (χ1) is 14.2. The molecule has 1 aromatic heterocycles. The van der Waals surface area contributed by atoms with Crippen LogP contribution in [0.2, 0.25) is 0 Å². The number of carbonyl (C=O) groups is 1. The number of hydrogen-bond donors (Lipinski definition) is 0. The van der Waals surface area contributed by atoms with Crippen molar-refractivity contribution in [2.24, 2.45) is 0 Å². The van der Waals surface area contributed by atoms with E-state index in [0.717, 1.165) is 16.9 Å². The minimum atomic E-state index is 0.0643. The first kappa shape index (κ1) is 19.7. The molecule has 0 amide bonds. The fourth-order valence-electron chi connectivity index (χ4n) is 3.71. The van der Waals surface area contributed by atoms with Gasteiger partial charge in [0.25, 0.3) is 5.22 Å². The van der Waals surface area contributed by atoms with E-state index in [0.29, 0.717) is 17.0 Å². The predicted molar refractivity (Wildman–Crippen MR) is 114 cm³/mol. The van der Waals surface area contributed by atoms with Crippen LogP contribution in [0.1, 0.15) is 53.9 Å². The molecule has 29 heavy (non-hydrogen) atoms. The number of thioether (sulfide) groups is 1. The van der Waals surface area contributed by atoms with Crippen LogP contribution in [0.5, 0.6) is 5.75 Å². The van der Waals surface area contributed by atoms with E-state index in [1.54, 1.807) is 7.11 Å². The van der Waals surface area contributed by atoms with E-state index in [-0.39, 0.29) is 11.5 Å². The first-order valence-corrected chi connectivity index (χ1v) is 11.0. The highest BCUT2D eigenvalue weighted by Crippen LogP contribution is 2.32. The van der Waals surface area contributed by atoms with Crippen molar-refractivity contribution in [3.63, 3.8) is 0 Å². The summed E-state index contributed by atoms with van der Waals surface area (Å²) in [5.74, 6) is 2.18. The normalized spacial score (nSPS) is 14.7. The zero-order chi connectivity index (χ0) is 20.1. The number of benzene rings is 2. The average Bonchev–Trinajstić information content (AvgIpc) is 3.27. The van der Waals surface area contributed by atoms with Gasteiger partial charge < -0.3 is 9.15 Å². The maximum atomic E-state index is 12.5. The van der Waals surface area contributed by atoms with Gasteiger partial charge in [0.15, 0.2) is 5.78 Å². The molecule has 0 unspecified atom stereocenters. The summed E-state index contributed by atoms with van der Waals surface area (Å²) < 4.78 is 10.8. The van der Waals surface area contributed by atoms with Crippen LogP contribution in [0.25, 0.3) is 11.5 Å². The highest BCUT2D eigenvalue weighted by molar-refractivity contribution is 7.99. The zero-order valence-corrected chi connectivity index (χ0v) is 17.3. The van der Waals surface area contributed by atoms with Crippen molar-refractivity contribution >= 4 is 17.5 Å². The summed E-state index contributed by atoms with van der Waals surface area (Å²) in [4.78, 5) is 12.5. The molecule has 0 atom stereocenters. The molecule has 4 rings (SSSR count). The third-order valence-electron chi connectivity index (χ3n) is 5.38. The molecule has 0 bridgehead atoms. The number of aromatic nitrogens is 2. The fraction of sp³-hybridized carbons (Fsp3) is 0.348. The summed E-state index contributed by atoms with van der Waals surface area (Å²) in [5.41, 5.74) is 2.90. The summed E-state index contributed by atoms with van der Waals surface area (Å²) in [5, 5.41) is 8.50. The standard InChI is InChI=1S/C23H24N2O3S/c1-27-20-13-11-19(12-14-20)22-24-25-23(28-22)29-15-21(26)18-9-7-17(8-10-18)16-5-3-2-4-6-16/h7-14,16H,2-6,15H2,1H3. The largest absolute Gasteiger partial charge is 0.497 e. The van der Waals surface area contributed by atoms with Crippen molar-refractivity contribution in [3.05, 3.63) is 59.7 Å². The lowest BCUT2D eigenvalue weighted by Gasteiger charge is -2.22. The molecule has 0 N–H and O–H groups in total. The number of rotatable bonds is 7.